The molecule has 0 aliphatic carbocycles. The van der Waals surface area contributed by atoms with Crippen LogP contribution in [-0.4, -0.2) is 25.3 Å². The van der Waals surface area contributed by atoms with Crippen molar-refractivity contribution in [1.29, 1.82) is 0 Å². The van der Waals surface area contributed by atoms with Gasteiger partial charge in [-0.3, -0.25) is 0 Å². The highest BCUT2D eigenvalue weighted by Gasteiger charge is 2.17. The largest absolute Gasteiger partial charge is 0.491 e. The van der Waals surface area contributed by atoms with Crippen molar-refractivity contribution < 1.29 is 19.4 Å². The monoisotopic (exact) mass is 188 g/mol. The second-order valence-electron chi connectivity index (χ2n) is 1.98. The molecule has 5 heteroatoms. The summed E-state index contributed by atoms with van der Waals surface area (Å²) in [6, 6.07) is 0. The van der Waals surface area contributed by atoms with Crippen LogP contribution in [0.2, 0.25) is 0 Å². The van der Waals surface area contributed by atoms with Gasteiger partial charge in [0.25, 0.3) is 0 Å². The summed E-state index contributed by atoms with van der Waals surface area (Å²) in [7, 11) is 2.89. The first kappa shape index (κ1) is 8.86. The predicted octanol–water partition coefficient (Wildman–Crippen LogP) is 1.46. The zero-order chi connectivity index (χ0) is 9.14. The molecule has 4 nitrogen and oxygen atoms in total. The van der Waals surface area contributed by atoms with Crippen LogP contribution in [0.4, 0.5) is 0 Å². The Morgan fingerprint density at radius 3 is 2.58 bits per heavy atom. The second-order valence-corrected chi connectivity index (χ2v) is 2.82. The summed E-state index contributed by atoms with van der Waals surface area (Å²) in [5, 5.41) is 10.6. The summed E-state index contributed by atoms with van der Waals surface area (Å²) < 4.78 is 9.77. The molecule has 0 radical (unpaired) electrons. The fourth-order valence-corrected chi connectivity index (χ4v) is 1.64. The van der Waals surface area contributed by atoms with Crippen molar-refractivity contribution in [1.82, 2.24) is 0 Å². The number of thiophene rings is 1. The molecular formula is C7H8O4S. The number of hydrogen-bond donors (Lipinski definition) is 1. The molecule has 0 fully saturated rings. The van der Waals surface area contributed by atoms with E-state index in [1.807, 2.05) is 0 Å². The second kappa shape index (κ2) is 3.44. The number of rotatable bonds is 3. The summed E-state index contributed by atoms with van der Waals surface area (Å²) in [5.74, 6) is -0.721. The maximum atomic E-state index is 10.6. The summed E-state index contributed by atoms with van der Waals surface area (Å²) in [5.41, 5.74) is 0.138. The fourth-order valence-electron chi connectivity index (χ4n) is 0.811. The third-order valence-corrected chi connectivity index (χ3v) is 2.25. The van der Waals surface area contributed by atoms with Crippen molar-refractivity contribution in [3.05, 3.63) is 10.9 Å². The van der Waals surface area contributed by atoms with Gasteiger partial charge in [-0.1, -0.05) is 0 Å². The van der Waals surface area contributed by atoms with Crippen LogP contribution in [0.25, 0.3) is 0 Å². The number of carboxylic acid groups (broad SMARTS) is 1. The van der Waals surface area contributed by atoms with E-state index >= 15 is 0 Å². The lowest BCUT2D eigenvalue weighted by Gasteiger charge is -2.00. The summed E-state index contributed by atoms with van der Waals surface area (Å²) in [6.07, 6.45) is 0. The number of aromatic carboxylic acids is 1. The summed E-state index contributed by atoms with van der Waals surface area (Å²) in [6.45, 7) is 0. The number of methoxy groups -OCH3 is 2. The van der Waals surface area contributed by atoms with Crippen molar-refractivity contribution in [2.75, 3.05) is 14.2 Å². The molecule has 0 atom stereocenters. The van der Waals surface area contributed by atoms with Gasteiger partial charge in [0.2, 0.25) is 5.06 Å². The van der Waals surface area contributed by atoms with E-state index < -0.39 is 5.97 Å². The van der Waals surface area contributed by atoms with Crippen LogP contribution in [-0.2, 0) is 0 Å². The summed E-state index contributed by atoms with van der Waals surface area (Å²) >= 11 is 1.20. The van der Waals surface area contributed by atoms with E-state index in [4.69, 9.17) is 14.6 Å². The van der Waals surface area contributed by atoms with Gasteiger partial charge in [0, 0.05) is 5.38 Å². The molecule has 0 aliphatic rings. The predicted molar refractivity (Wildman–Crippen MR) is 44.4 cm³/mol. The molecule has 0 saturated heterocycles. The molecule has 0 bridgehead atoms. The minimum Gasteiger partial charge on any atom is -0.491 e. The Bertz CT molecular complexity index is 292. The molecule has 0 aromatic carbocycles. The van der Waals surface area contributed by atoms with Gasteiger partial charge in [-0.05, 0) is 0 Å². The van der Waals surface area contributed by atoms with Crippen LogP contribution in [0.1, 0.15) is 10.4 Å². The standard InChI is InChI=1S/C7H8O4S/c1-10-5-4(6(8)9)3-12-7(5)11-2/h3H,1-2H3,(H,8,9). The quantitative estimate of drug-likeness (QED) is 0.780. The lowest BCUT2D eigenvalue weighted by atomic mass is 10.3. The van der Waals surface area contributed by atoms with Crippen LogP contribution in [0.15, 0.2) is 5.38 Å². The van der Waals surface area contributed by atoms with Crippen molar-refractivity contribution in [2.24, 2.45) is 0 Å². The van der Waals surface area contributed by atoms with E-state index in [0.29, 0.717) is 5.06 Å². The minimum atomic E-state index is -1.01. The van der Waals surface area contributed by atoms with Crippen LogP contribution in [0.3, 0.4) is 0 Å². The average Bonchev–Trinajstić information content (AvgIpc) is 2.46. The van der Waals surface area contributed by atoms with Crippen LogP contribution in [0, 0.1) is 0 Å². The molecule has 0 unspecified atom stereocenters. The summed E-state index contributed by atoms with van der Waals surface area (Å²) in [4.78, 5) is 10.6. The Labute approximate surface area is 73.3 Å². The Morgan fingerprint density at radius 1 is 1.50 bits per heavy atom. The smallest absolute Gasteiger partial charge is 0.340 e. The zero-order valence-electron chi connectivity index (χ0n) is 6.66. The van der Waals surface area contributed by atoms with Crippen molar-refractivity contribution in [2.45, 2.75) is 0 Å². The van der Waals surface area contributed by atoms with Gasteiger partial charge >= 0.3 is 5.97 Å². The van der Waals surface area contributed by atoms with Gasteiger partial charge in [-0.25, -0.2) is 4.79 Å². The molecule has 66 valence electrons. The Balaban J connectivity index is 3.13. The molecule has 0 aliphatic heterocycles. The van der Waals surface area contributed by atoms with Crippen molar-refractivity contribution in [3.8, 4) is 10.8 Å². The van der Waals surface area contributed by atoms with Crippen molar-refractivity contribution in [3.63, 3.8) is 0 Å². The molecule has 12 heavy (non-hydrogen) atoms. The van der Waals surface area contributed by atoms with E-state index in [9.17, 15) is 4.79 Å². The third-order valence-electron chi connectivity index (χ3n) is 1.33. The highest BCUT2D eigenvalue weighted by Crippen LogP contribution is 2.37. The lowest BCUT2D eigenvalue weighted by molar-refractivity contribution is 0.0693. The topological polar surface area (TPSA) is 55.8 Å². The van der Waals surface area contributed by atoms with E-state index in [-0.39, 0.29) is 11.3 Å². The number of carbonyl (C=O) groups is 1. The minimum absolute atomic E-state index is 0.138. The molecule has 1 heterocycles. The maximum Gasteiger partial charge on any atom is 0.340 e. The Kier molecular flexibility index (Phi) is 2.54. The number of hydrogen-bond acceptors (Lipinski definition) is 4. The van der Waals surface area contributed by atoms with Crippen molar-refractivity contribution >= 4 is 17.3 Å². The maximum absolute atomic E-state index is 10.6. The Morgan fingerprint density at radius 2 is 2.17 bits per heavy atom. The number of carboxylic acids is 1. The van der Waals surface area contributed by atoms with E-state index in [0.717, 1.165) is 0 Å². The van der Waals surface area contributed by atoms with Gasteiger partial charge in [0.15, 0.2) is 5.75 Å². The third kappa shape index (κ3) is 1.35. The van der Waals surface area contributed by atoms with Gasteiger partial charge in [-0.15, -0.1) is 11.3 Å². The molecule has 0 amide bonds. The van der Waals surface area contributed by atoms with Gasteiger partial charge in [0.1, 0.15) is 5.56 Å². The zero-order valence-corrected chi connectivity index (χ0v) is 7.47. The number of ether oxygens (including phenoxy) is 2. The van der Waals surface area contributed by atoms with Crippen LogP contribution in [0.5, 0.6) is 10.8 Å². The molecule has 1 aromatic heterocycles. The first-order chi connectivity index (χ1) is 5.70. The molecule has 0 saturated carbocycles. The van der Waals surface area contributed by atoms with E-state index in [1.165, 1.54) is 30.9 Å². The van der Waals surface area contributed by atoms with E-state index in [1.54, 1.807) is 0 Å². The molecule has 1 aromatic rings. The van der Waals surface area contributed by atoms with Gasteiger partial charge in [-0.2, -0.15) is 0 Å². The highest BCUT2D eigenvalue weighted by molar-refractivity contribution is 7.12. The lowest BCUT2D eigenvalue weighted by Crippen LogP contribution is -1.97. The van der Waals surface area contributed by atoms with E-state index in [2.05, 4.69) is 0 Å². The first-order valence-electron chi connectivity index (χ1n) is 3.13. The molecule has 1 N–H and O–H groups in total. The molecular weight excluding hydrogens is 180 g/mol. The van der Waals surface area contributed by atoms with Crippen LogP contribution >= 0.6 is 11.3 Å². The molecule has 1 rings (SSSR count). The van der Waals surface area contributed by atoms with Gasteiger partial charge < -0.3 is 14.6 Å². The average molecular weight is 188 g/mol. The highest BCUT2D eigenvalue weighted by atomic mass is 32.1. The molecule has 0 spiro atoms. The SMILES string of the molecule is COc1scc(C(=O)O)c1OC. The van der Waals surface area contributed by atoms with Gasteiger partial charge in [0.05, 0.1) is 14.2 Å². The Hall–Kier alpha value is -1.23. The normalized spacial score (nSPS) is 9.50. The fraction of sp³-hybridized carbons (Fsp3) is 0.286. The van der Waals surface area contributed by atoms with Crippen LogP contribution < -0.4 is 9.47 Å². The first-order valence-corrected chi connectivity index (χ1v) is 4.01.